The van der Waals surface area contributed by atoms with E-state index in [1.54, 1.807) is 6.07 Å². The molecular weight excluding hydrogens is 169 g/mol. The first-order valence-corrected chi connectivity index (χ1v) is 3.66. The van der Waals surface area contributed by atoms with Crippen molar-refractivity contribution in [2.75, 3.05) is 13.1 Å². The maximum atomic E-state index is 12.0. The summed E-state index contributed by atoms with van der Waals surface area (Å²) >= 11 is 0. The molecule has 0 aromatic carbocycles. The van der Waals surface area contributed by atoms with Crippen LogP contribution in [0, 0.1) is 16.7 Å². The highest BCUT2D eigenvalue weighted by Crippen LogP contribution is 2.37. The molecule has 12 heavy (non-hydrogen) atoms. The van der Waals surface area contributed by atoms with Gasteiger partial charge < -0.3 is 5.32 Å². The Morgan fingerprint density at radius 2 is 2.17 bits per heavy atom. The van der Waals surface area contributed by atoms with Gasteiger partial charge in [-0.3, -0.25) is 0 Å². The first-order valence-electron chi connectivity index (χ1n) is 3.66. The lowest BCUT2D eigenvalue weighted by Gasteiger charge is -2.20. The van der Waals surface area contributed by atoms with Gasteiger partial charge in [-0.15, -0.1) is 0 Å². The average molecular weight is 178 g/mol. The topological polar surface area (TPSA) is 35.8 Å². The highest BCUT2D eigenvalue weighted by Gasteiger charge is 2.44. The summed E-state index contributed by atoms with van der Waals surface area (Å²) in [7, 11) is 0. The van der Waals surface area contributed by atoms with Crippen LogP contribution in [0.15, 0.2) is 0 Å². The van der Waals surface area contributed by atoms with Crippen LogP contribution < -0.4 is 5.32 Å². The normalized spacial score (nSPS) is 30.2. The highest BCUT2D eigenvalue weighted by atomic mass is 19.4. The van der Waals surface area contributed by atoms with E-state index in [4.69, 9.17) is 5.26 Å². The third-order valence-corrected chi connectivity index (χ3v) is 2.02. The second kappa shape index (κ2) is 2.94. The van der Waals surface area contributed by atoms with Crippen molar-refractivity contribution in [3.63, 3.8) is 0 Å². The van der Waals surface area contributed by atoms with Crippen LogP contribution in [0.3, 0.4) is 0 Å². The van der Waals surface area contributed by atoms with Gasteiger partial charge in [-0.2, -0.15) is 18.4 Å². The highest BCUT2D eigenvalue weighted by molar-refractivity contribution is 5.05. The van der Waals surface area contributed by atoms with Crippen molar-refractivity contribution in [1.82, 2.24) is 5.32 Å². The Balaban J connectivity index is 2.64. The van der Waals surface area contributed by atoms with E-state index in [-0.39, 0.29) is 6.54 Å². The zero-order valence-corrected chi connectivity index (χ0v) is 6.41. The van der Waals surface area contributed by atoms with Gasteiger partial charge in [0.05, 0.1) is 17.9 Å². The number of nitrogens with zero attached hydrogens (tertiary/aromatic N) is 1. The minimum atomic E-state index is -4.23. The number of hydrogen-bond donors (Lipinski definition) is 1. The van der Waals surface area contributed by atoms with E-state index in [2.05, 4.69) is 5.32 Å². The summed E-state index contributed by atoms with van der Waals surface area (Å²) in [5, 5.41) is 11.4. The van der Waals surface area contributed by atoms with E-state index < -0.39 is 18.0 Å². The number of nitriles is 1. The third kappa shape index (κ3) is 2.11. The van der Waals surface area contributed by atoms with Gasteiger partial charge in [0.15, 0.2) is 0 Å². The fraction of sp³-hybridized carbons (Fsp3) is 0.857. The Kier molecular flexibility index (Phi) is 2.29. The number of rotatable bonds is 1. The summed E-state index contributed by atoms with van der Waals surface area (Å²) in [4.78, 5) is 0. The molecule has 1 aliphatic rings. The number of hydrogen-bond acceptors (Lipinski definition) is 2. The lowest BCUT2D eigenvalue weighted by atomic mass is 9.85. The van der Waals surface area contributed by atoms with E-state index in [1.807, 2.05) is 0 Å². The molecule has 1 saturated heterocycles. The van der Waals surface area contributed by atoms with Gasteiger partial charge in [-0.1, -0.05) is 0 Å². The van der Waals surface area contributed by atoms with E-state index in [1.165, 1.54) is 0 Å². The molecule has 1 unspecified atom stereocenters. The van der Waals surface area contributed by atoms with Crippen LogP contribution in [-0.2, 0) is 0 Å². The summed E-state index contributed by atoms with van der Waals surface area (Å²) in [6, 6.07) is 1.75. The Morgan fingerprint density at radius 1 is 1.50 bits per heavy atom. The van der Waals surface area contributed by atoms with Crippen molar-refractivity contribution in [2.45, 2.75) is 19.0 Å². The zero-order valence-electron chi connectivity index (χ0n) is 6.41. The largest absolute Gasteiger partial charge is 0.390 e. The molecule has 0 amide bonds. The predicted octanol–water partition coefficient (Wildman–Crippen LogP) is 1.44. The van der Waals surface area contributed by atoms with Gasteiger partial charge in [0.25, 0.3) is 0 Å². The van der Waals surface area contributed by atoms with Gasteiger partial charge >= 0.3 is 6.18 Å². The maximum Gasteiger partial charge on any atom is 0.390 e. The van der Waals surface area contributed by atoms with E-state index >= 15 is 0 Å². The van der Waals surface area contributed by atoms with Crippen molar-refractivity contribution in [1.29, 1.82) is 5.26 Å². The molecule has 1 heterocycles. The molecule has 1 fully saturated rings. The molecule has 5 heteroatoms. The fourth-order valence-electron chi connectivity index (χ4n) is 1.41. The van der Waals surface area contributed by atoms with E-state index in [9.17, 15) is 13.2 Å². The molecule has 0 aliphatic carbocycles. The van der Waals surface area contributed by atoms with Gasteiger partial charge in [0.1, 0.15) is 0 Å². The van der Waals surface area contributed by atoms with Crippen LogP contribution in [0.25, 0.3) is 0 Å². The second-order valence-corrected chi connectivity index (χ2v) is 3.11. The molecule has 0 radical (unpaired) electrons. The van der Waals surface area contributed by atoms with Crippen molar-refractivity contribution in [3.8, 4) is 6.07 Å². The summed E-state index contributed by atoms with van der Waals surface area (Å²) in [6.07, 6.45) is -4.94. The number of nitrogens with one attached hydrogen (secondary N) is 1. The number of alkyl halides is 3. The monoisotopic (exact) mass is 178 g/mol. The van der Waals surface area contributed by atoms with Crippen LogP contribution in [0.5, 0.6) is 0 Å². The van der Waals surface area contributed by atoms with Gasteiger partial charge in [-0.25, -0.2) is 0 Å². The van der Waals surface area contributed by atoms with Crippen LogP contribution in [0.1, 0.15) is 12.8 Å². The quantitative estimate of drug-likeness (QED) is 0.659. The molecule has 0 aromatic heterocycles. The minimum Gasteiger partial charge on any atom is -0.315 e. The first kappa shape index (κ1) is 9.33. The van der Waals surface area contributed by atoms with E-state index in [0.717, 1.165) is 0 Å². The van der Waals surface area contributed by atoms with Crippen LogP contribution in [0.4, 0.5) is 13.2 Å². The van der Waals surface area contributed by atoms with Crippen molar-refractivity contribution >= 4 is 0 Å². The molecule has 1 atom stereocenters. The van der Waals surface area contributed by atoms with Gasteiger partial charge in [0.2, 0.25) is 0 Å². The summed E-state index contributed by atoms with van der Waals surface area (Å²) in [5.41, 5.74) is -1.21. The molecule has 0 saturated carbocycles. The fourth-order valence-corrected chi connectivity index (χ4v) is 1.41. The Labute approximate surface area is 68.4 Å². The second-order valence-electron chi connectivity index (χ2n) is 3.11. The van der Waals surface area contributed by atoms with Gasteiger partial charge in [0, 0.05) is 6.54 Å². The third-order valence-electron chi connectivity index (χ3n) is 2.02. The molecule has 1 aliphatic heterocycles. The van der Waals surface area contributed by atoms with Crippen LogP contribution >= 0.6 is 0 Å². The Morgan fingerprint density at radius 3 is 2.50 bits per heavy atom. The lowest BCUT2D eigenvalue weighted by molar-refractivity contribution is -0.150. The zero-order chi connectivity index (χ0) is 9.24. The maximum absolute atomic E-state index is 12.0. The average Bonchev–Trinajstić information content (AvgIpc) is 2.34. The first-order chi connectivity index (χ1) is 5.47. The molecule has 1 N–H and O–H groups in total. The molecule has 2 nitrogen and oxygen atoms in total. The van der Waals surface area contributed by atoms with Crippen molar-refractivity contribution in [3.05, 3.63) is 0 Å². The molecule has 0 aromatic rings. The molecule has 68 valence electrons. The van der Waals surface area contributed by atoms with Crippen LogP contribution in [0.2, 0.25) is 0 Å². The van der Waals surface area contributed by atoms with Crippen molar-refractivity contribution < 1.29 is 13.2 Å². The van der Waals surface area contributed by atoms with Crippen LogP contribution in [-0.4, -0.2) is 19.3 Å². The predicted molar refractivity (Wildman–Crippen MR) is 36.2 cm³/mol. The van der Waals surface area contributed by atoms with Crippen molar-refractivity contribution in [2.24, 2.45) is 5.41 Å². The lowest BCUT2D eigenvalue weighted by Crippen LogP contribution is -2.28. The van der Waals surface area contributed by atoms with E-state index in [0.29, 0.717) is 13.0 Å². The SMILES string of the molecule is N#CC1(CC(F)(F)F)CCNC1. The Bertz CT molecular complexity index is 198. The molecule has 0 bridgehead atoms. The molecular formula is C7H9F3N2. The minimum absolute atomic E-state index is 0.156. The molecule has 1 rings (SSSR count). The number of halogens is 3. The summed E-state index contributed by atoms with van der Waals surface area (Å²) in [5.74, 6) is 0. The summed E-state index contributed by atoms with van der Waals surface area (Å²) in [6.45, 7) is 0.659. The molecule has 0 spiro atoms. The standard InChI is InChI=1S/C7H9F3N2/c8-7(9,10)3-6(4-11)1-2-12-5-6/h12H,1-3,5H2. The Hall–Kier alpha value is -0.760. The smallest absolute Gasteiger partial charge is 0.315 e. The van der Waals surface area contributed by atoms with Gasteiger partial charge in [-0.05, 0) is 13.0 Å². The summed E-state index contributed by atoms with van der Waals surface area (Å²) < 4.78 is 35.9.